The van der Waals surface area contributed by atoms with E-state index in [1.165, 1.54) is 7.05 Å². The molecule has 1 fully saturated rings. The molecule has 6 nitrogen and oxygen atoms in total. The third-order valence-corrected chi connectivity index (χ3v) is 1.97. The zero-order valence-electron chi connectivity index (χ0n) is 7.52. The number of nitrogens with one attached hydrogen (secondary N) is 1. The molecular formula is C7H13N3O3. The first-order valence-corrected chi connectivity index (χ1v) is 4.19. The van der Waals surface area contributed by atoms with Crippen molar-refractivity contribution < 1.29 is 9.53 Å². The number of rotatable bonds is 2. The van der Waals surface area contributed by atoms with Crippen molar-refractivity contribution in [3.8, 4) is 0 Å². The molecule has 0 bridgehead atoms. The van der Waals surface area contributed by atoms with E-state index in [1.807, 2.05) is 0 Å². The third-order valence-electron chi connectivity index (χ3n) is 1.97. The van der Waals surface area contributed by atoms with Gasteiger partial charge in [0.2, 0.25) is 0 Å². The summed E-state index contributed by atoms with van der Waals surface area (Å²) >= 11 is 0. The molecule has 0 aromatic heterocycles. The summed E-state index contributed by atoms with van der Waals surface area (Å²) in [7, 11) is 1.32. The van der Waals surface area contributed by atoms with Crippen molar-refractivity contribution in [3.05, 3.63) is 4.91 Å². The first kappa shape index (κ1) is 9.91. The average Bonchev–Trinajstić information content (AvgIpc) is 2.18. The zero-order valence-corrected chi connectivity index (χ0v) is 7.52. The minimum atomic E-state index is -0.457. The molecular weight excluding hydrogens is 174 g/mol. The second-order valence-electron chi connectivity index (χ2n) is 2.94. The van der Waals surface area contributed by atoms with Crippen LogP contribution in [0.2, 0.25) is 0 Å². The first-order chi connectivity index (χ1) is 6.24. The van der Waals surface area contributed by atoms with Gasteiger partial charge in [-0.3, -0.25) is 0 Å². The van der Waals surface area contributed by atoms with Crippen LogP contribution in [0.1, 0.15) is 12.8 Å². The summed E-state index contributed by atoms with van der Waals surface area (Å²) in [6, 6.07) is -0.354. The Kier molecular flexibility index (Phi) is 3.63. The molecule has 1 saturated heterocycles. The monoisotopic (exact) mass is 187 g/mol. The van der Waals surface area contributed by atoms with Gasteiger partial charge in [-0.15, -0.1) is 4.91 Å². The van der Waals surface area contributed by atoms with Crippen molar-refractivity contribution in [3.63, 3.8) is 0 Å². The lowest BCUT2D eigenvalue weighted by molar-refractivity contribution is 0.0785. The molecule has 2 amide bonds. The summed E-state index contributed by atoms with van der Waals surface area (Å²) < 4.78 is 5.12. The number of nitrogens with zero attached hydrogens (tertiary/aromatic N) is 2. The Bertz CT molecular complexity index is 191. The van der Waals surface area contributed by atoms with Crippen LogP contribution < -0.4 is 5.32 Å². The Morgan fingerprint density at radius 2 is 2.15 bits per heavy atom. The van der Waals surface area contributed by atoms with Crippen LogP contribution in [-0.4, -0.2) is 37.3 Å². The molecule has 0 spiro atoms. The molecule has 1 heterocycles. The van der Waals surface area contributed by atoms with Gasteiger partial charge >= 0.3 is 6.03 Å². The van der Waals surface area contributed by atoms with Gasteiger partial charge in [0.1, 0.15) is 0 Å². The lowest BCUT2D eigenvalue weighted by atomic mass is 10.1. The number of amides is 2. The van der Waals surface area contributed by atoms with E-state index < -0.39 is 6.03 Å². The Morgan fingerprint density at radius 1 is 1.54 bits per heavy atom. The lowest BCUT2D eigenvalue weighted by Crippen LogP contribution is -2.43. The molecule has 0 aliphatic carbocycles. The van der Waals surface area contributed by atoms with E-state index in [2.05, 4.69) is 10.6 Å². The van der Waals surface area contributed by atoms with Crippen molar-refractivity contribution in [2.75, 3.05) is 20.3 Å². The number of nitroso groups, excluding NO2 is 1. The summed E-state index contributed by atoms with van der Waals surface area (Å²) in [5, 5.41) is 5.92. The van der Waals surface area contributed by atoms with Gasteiger partial charge in [0.25, 0.3) is 0 Å². The van der Waals surface area contributed by atoms with E-state index >= 15 is 0 Å². The fraction of sp³-hybridized carbons (Fsp3) is 0.857. The van der Waals surface area contributed by atoms with Crippen LogP contribution in [0.25, 0.3) is 0 Å². The van der Waals surface area contributed by atoms with Crippen LogP contribution in [-0.2, 0) is 4.74 Å². The van der Waals surface area contributed by atoms with Gasteiger partial charge in [0.15, 0.2) is 0 Å². The normalized spacial score (nSPS) is 17.9. The van der Waals surface area contributed by atoms with Gasteiger partial charge in [-0.25, -0.2) is 4.79 Å². The summed E-state index contributed by atoms with van der Waals surface area (Å²) in [6.07, 6.45) is 1.58. The highest BCUT2D eigenvalue weighted by molar-refractivity contribution is 5.73. The molecule has 0 saturated carbocycles. The van der Waals surface area contributed by atoms with Crippen LogP contribution in [0.4, 0.5) is 4.79 Å². The Hall–Kier alpha value is -1.17. The highest BCUT2D eigenvalue weighted by atomic mass is 16.5. The van der Waals surface area contributed by atoms with Crippen LogP contribution in [0, 0.1) is 4.91 Å². The number of hydrogen-bond donors (Lipinski definition) is 1. The standard InChI is InChI=1S/C7H13N3O3/c1-10(9-12)7(11)8-6-2-4-13-5-3-6/h6H,2-5H2,1H3,(H,8,11). The summed E-state index contributed by atoms with van der Waals surface area (Å²) in [4.78, 5) is 21.1. The molecule has 0 aromatic rings. The number of carbonyl (C=O) groups is 1. The van der Waals surface area contributed by atoms with Gasteiger partial charge in [0.05, 0.1) is 5.29 Å². The number of hydrogen-bond acceptors (Lipinski definition) is 4. The molecule has 0 aromatic carbocycles. The maximum Gasteiger partial charge on any atom is 0.340 e. The Labute approximate surface area is 76.2 Å². The van der Waals surface area contributed by atoms with Crippen LogP contribution in [0.3, 0.4) is 0 Å². The molecule has 13 heavy (non-hydrogen) atoms. The smallest absolute Gasteiger partial charge is 0.340 e. The molecule has 1 aliphatic rings. The Morgan fingerprint density at radius 3 is 2.69 bits per heavy atom. The van der Waals surface area contributed by atoms with Crippen LogP contribution in [0.5, 0.6) is 0 Å². The number of urea groups is 1. The third kappa shape index (κ3) is 2.98. The number of ether oxygens (including phenoxy) is 1. The average molecular weight is 187 g/mol. The molecule has 1 N–H and O–H groups in total. The van der Waals surface area contributed by atoms with Crippen molar-refractivity contribution in [2.45, 2.75) is 18.9 Å². The summed E-state index contributed by atoms with van der Waals surface area (Å²) in [5.41, 5.74) is 0. The van der Waals surface area contributed by atoms with Gasteiger partial charge in [-0.05, 0) is 12.8 Å². The van der Waals surface area contributed by atoms with E-state index in [4.69, 9.17) is 4.74 Å². The first-order valence-electron chi connectivity index (χ1n) is 4.19. The molecule has 1 aliphatic heterocycles. The van der Waals surface area contributed by atoms with Gasteiger partial charge in [-0.2, -0.15) is 5.01 Å². The topological polar surface area (TPSA) is 71.0 Å². The Balaban J connectivity index is 2.29. The molecule has 0 unspecified atom stereocenters. The largest absolute Gasteiger partial charge is 0.381 e. The van der Waals surface area contributed by atoms with E-state index in [0.29, 0.717) is 13.2 Å². The van der Waals surface area contributed by atoms with Crippen molar-refractivity contribution in [2.24, 2.45) is 5.29 Å². The van der Waals surface area contributed by atoms with Crippen molar-refractivity contribution in [1.29, 1.82) is 0 Å². The van der Waals surface area contributed by atoms with E-state index in [1.54, 1.807) is 0 Å². The maximum absolute atomic E-state index is 11.1. The minimum Gasteiger partial charge on any atom is -0.381 e. The maximum atomic E-state index is 11.1. The second-order valence-corrected chi connectivity index (χ2v) is 2.94. The molecule has 0 radical (unpaired) electrons. The van der Waals surface area contributed by atoms with Crippen LogP contribution >= 0.6 is 0 Å². The van der Waals surface area contributed by atoms with E-state index in [-0.39, 0.29) is 6.04 Å². The minimum absolute atomic E-state index is 0.102. The fourth-order valence-electron chi connectivity index (χ4n) is 1.15. The quantitative estimate of drug-likeness (QED) is 0.505. The van der Waals surface area contributed by atoms with E-state index in [9.17, 15) is 9.70 Å². The fourth-order valence-corrected chi connectivity index (χ4v) is 1.15. The van der Waals surface area contributed by atoms with Crippen molar-refractivity contribution >= 4 is 6.03 Å². The number of carbonyl (C=O) groups excluding carboxylic acids is 1. The molecule has 74 valence electrons. The lowest BCUT2D eigenvalue weighted by Gasteiger charge is -2.23. The highest BCUT2D eigenvalue weighted by Crippen LogP contribution is 2.06. The van der Waals surface area contributed by atoms with Crippen LogP contribution in [0.15, 0.2) is 5.29 Å². The molecule has 0 atom stereocenters. The second kappa shape index (κ2) is 4.76. The zero-order chi connectivity index (χ0) is 9.68. The van der Waals surface area contributed by atoms with Gasteiger partial charge < -0.3 is 10.1 Å². The summed E-state index contributed by atoms with van der Waals surface area (Å²) in [5.74, 6) is 0. The highest BCUT2D eigenvalue weighted by Gasteiger charge is 2.18. The summed E-state index contributed by atoms with van der Waals surface area (Å²) in [6.45, 7) is 1.31. The van der Waals surface area contributed by atoms with Gasteiger partial charge in [0, 0.05) is 26.3 Å². The predicted octanol–water partition coefficient (Wildman–Crippen LogP) is 0.488. The molecule has 1 rings (SSSR count). The molecule has 6 heteroatoms. The van der Waals surface area contributed by atoms with Crippen molar-refractivity contribution in [1.82, 2.24) is 10.3 Å². The predicted molar refractivity (Wildman–Crippen MR) is 45.9 cm³/mol. The SMILES string of the molecule is CN(N=O)C(=O)NC1CCOCC1. The van der Waals surface area contributed by atoms with E-state index in [0.717, 1.165) is 17.9 Å². The van der Waals surface area contributed by atoms with Gasteiger partial charge in [-0.1, -0.05) is 0 Å².